The fourth-order valence-corrected chi connectivity index (χ4v) is 2.53. The first-order valence-electron chi connectivity index (χ1n) is 7.11. The van der Waals surface area contributed by atoms with Crippen molar-refractivity contribution >= 4 is 0 Å². The summed E-state index contributed by atoms with van der Waals surface area (Å²) in [7, 11) is 0. The van der Waals surface area contributed by atoms with Crippen LogP contribution >= 0.6 is 0 Å². The van der Waals surface area contributed by atoms with E-state index in [2.05, 4.69) is 30.9 Å². The maximum Gasteiger partial charge on any atom is 0.231 e. The number of hydrogen-bond acceptors (Lipinski definition) is 5. The topological polar surface area (TPSA) is 74.2 Å². The van der Waals surface area contributed by atoms with Crippen LogP contribution in [0.5, 0.6) is 0 Å². The lowest BCUT2D eigenvalue weighted by atomic mass is 9.84. The lowest BCUT2D eigenvalue weighted by Gasteiger charge is -2.22. The second-order valence-corrected chi connectivity index (χ2v) is 6.60. The van der Waals surface area contributed by atoms with Crippen molar-refractivity contribution in [3.05, 3.63) is 11.7 Å². The van der Waals surface area contributed by atoms with E-state index in [-0.39, 0.29) is 17.3 Å². The summed E-state index contributed by atoms with van der Waals surface area (Å²) in [5, 5.41) is 4.12. The van der Waals surface area contributed by atoms with Crippen LogP contribution in [0.3, 0.4) is 0 Å². The third-order valence-electron chi connectivity index (χ3n) is 3.48. The molecule has 5 heteroatoms. The highest BCUT2D eigenvalue weighted by atomic mass is 16.5. The summed E-state index contributed by atoms with van der Waals surface area (Å²) in [6.07, 6.45) is 3.09. The fraction of sp³-hybridized carbons (Fsp3) is 0.857. The molecule has 2 heterocycles. The minimum atomic E-state index is 0.144. The monoisotopic (exact) mass is 267 g/mol. The molecule has 0 radical (unpaired) electrons. The molecule has 2 atom stereocenters. The quantitative estimate of drug-likeness (QED) is 0.907. The third-order valence-corrected chi connectivity index (χ3v) is 3.48. The molecule has 0 spiro atoms. The highest BCUT2D eigenvalue weighted by molar-refractivity contribution is 5.01. The van der Waals surface area contributed by atoms with Gasteiger partial charge in [0.1, 0.15) is 0 Å². The van der Waals surface area contributed by atoms with Crippen LogP contribution in [-0.4, -0.2) is 29.9 Å². The van der Waals surface area contributed by atoms with Crippen molar-refractivity contribution in [3.8, 4) is 0 Å². The van der Waals surface area contributed by atoms with Crippen molar-refractivity contribution < 1.29 is 9.26 Å². The molecule has 2 N–H and O–H groups in total. The molecule has 108 valence electrons. The number of hydrogen-bond donors (Lipinski definition) is 1. The molecular formula is C14H25N3O2. The van der Waals surface area contributed by atoms with Crippen molar-refractivity contribution in [2.75, 3.05) is 19.8 Å². The second-order valence-electron chi connectivity index (χ2n) is 6.60. The van der Waals surface area contributed by atoms with E-state index in [1.807, 2.05) is 0 Å². The van der Waals surface area contributed by atoms with Gasteiger partial charge in [0.15, 0.2) is 5.82 Å². The number of nitrogens with two attached hydrogens (primary N) is 1. The van der Waals surface area contributed by atoms with Crippen molar-refractivity contribution in [2.45, 2.75) is 51.9 Å². The molecular weight excluding hydrogens is 242 g/mol. The van der Waals surface area contributed by atoms with Gasteiger partial charge in [-0.25, -0.2) is 0 Å². The van der Waals surface area contributed by atoms with E-state index in [1.54, 1.807) is 0 Å². The Morgan fingerprint density at radius 2 is 2.21 bits per heavy atom. The van der Waals surface area contributed by atoms with E-state index < -0.39 is 0 Å². The largest absolute Gasteiger partial charge is 0.381 e. The van der Waals surface area contributed by atoms with Gasteiger partial charge >= 0.3 is 0 Å². The van der Waals surface area contributed by atoms with Crippen LogP contribution < -0.4 is 5.73 Å². The number of rotatable bonds is 4. The molecule has 19 heavy (non-hydrogen) atoms. The smallest absolute Gasteiger partial charge is 0.231 e. The first kappa shape index (κ1) is 14.5. The van der Waals surface area contributed by atoms with E-state index >= 15 is 0 Å². The summed E-state index contributed by atoms with van der Waals surface area (Å²) in [5.41, 5.74) is 6.05. The second kappa shape index (κ2) is 6.01. The van der Waals surface area contributed by atoms with Crippen LogP contribution in [0.15, 0.2) is 4.52 Å². The maximum atomic E-state index is 5.85. The molecule has 0 aromatic carbocycles. The molecule has 0 amide bonds. The van der Waals surface area contributed by atoms with E-state index in [0.717, 1.165) is 31.7 Å². The number of nitrogens with zero attached hydrogens (tertiary/aromatic N) is 2. The van der Waals surface area contributed by atoms with Crippen LogP contribution in [0, 0.1) is 5.41 Å². The average Bonchev–Trinajstić information content (AvgIpc) is 2.85. The van der Waals surface area contributed by atoms with Gasteiger partial charge in [-0.05, 0) is 24.7 Å². The van der Waals surface area contributed by atoms with Gasteiger partial charge in [-0.1, -0.05) is 25.9 Å². The zero-order chi connectivity index (χ0) is 13.9. The van der Waals surface area contributed by atoms with Crippen LogP contribution in [-0.2, 0) is 4.74 Å². The highest BCUT2D eigenvalue weighted by Crippen LogP contribution is 2.31. The Labute approximate surface area is 114 Å². The first-order chi connectivity index (χ1) is 8.99. The molecule has 2 rings (SSSR count). The molecule has 0 bridgehead atoms. The zero-order valence-electron chi connectivity index (χ0n) is 12.2. The first-order valence-corrected chi connectivity index (χ1v) is 7.11. The van der Waals surface area contributed by atoms with Gasteiger partial charge in [0.25, 0.3) is 0 Å². The van der Waals surface area contributed by atoms with Crippen LogP contribution in [0.1, 0.15) is 63.6 Å². The van der Waals surface area contributed by atoms with Crippen LogP contribution in [0.4, 0.5) is 0 Å². The molecule has 1 aliphatic heterocycles. The van der Waals surface area contributed by atoms with Crippen LogP contribution in [0.25, 0.3) is 0 Å². The van der Waals surface area contributed by atoms with Gasteiger partial charge < -0.3 is 15.0 Å². The molecule has 0 aliphatic carbocycles. The Morgan fingerprint density at radius 3 is 2.79 bits per heavy atom. The summed E-state index contributed by atoms with van der Waals surface area (Å²) in [5.74, 6) is 1.88. The lowest BCUT2D eigenvalue weighted by molar-refractivity contribution is 0.0773. The van der Waals surface area contributed by atoms with Crippen molar-refractivity contribution in [3.63, 3.8) is 0 Å². The molecule has 2 unspecified atom stereocenters. The Bertz CT molecular complexity index is 392. The molecule has 1 aromatic rings. The summed E-state index contributed by atoms with van der Waals surface area (Å²) in [4.78, 5) is 4.55. The maximum absolute atomic E-state index is 5.85. The van der Waals surface area contributed by atoms with E-state index in [0.29, 0.717) is 19.0 Å². The van der Waals surface area contributed by atoms with E-state index in [9.17, 15) is 0 Å². The minimum absolute atomic E-state index is 0.144. The zero-order valence-corrected chi connectivity index (χ0v) is 12.2. The molecule has 1 aromatic heterocycles. The average molecular weight is 267 g/mol. The van der Waals surface area contributed by atoms with Gasteiger partial charge in [-0.15, -0.1) is 0 Å². The predicted molar refractivity (Wildman–Crippen MR) is 73.0 cm³/mol. The Morgan fingerprint density at radius 1 is 1.42 bits per heavy atom. The van der Waals surface area contributed by atoms with Gasteiger partial charge in [0.05, 0.1) is 12.5 Å². The summed E-state index contributed by atoms with van der Waals surface area (Å²) >= 11 is 0. The Balaban J connectivity index is 2.05. The minimum Gasteiger partial charge on any atom is -0.381 e. The fourth-order valence-electron chi connectivity index (χ4n) is 2.53. The Hall–Kier alpha value is -0.940. The molecule has 1 saturated heterocycles. The standard InChI is InChI=1S/C14H25N3O2/c1-14(2,3)7-11(8-15)13-16-12(17-19-13)10-5-4-6-18-9-10/h10-11H,4-9,15H2,1-3H3. The molecule has 1 fully saturated rings. The van der Waals surface area contributed by atoms with E-state index in [1.165, 1.54) is 0 Å². The van der Waals surface area contributed by atoms with Crippen LogP contribution in [0.2, 0.25) is 0 Å². The van der Waals surface area contributed by atoms with Gasteiger partial charge in [-0.2, -0.15) is 4.98 Å². The highest BCUT2D eigenvalue weighted by Gasteiger charge is 2.27. The van der Waals surface area contributed by atoms with Crippen molar-refractivity contribution in [2.24, 2.45) is 11.1 Å². The summed E-state index contributed by atoms with van der Waals surface area (Å²) < 4.78 is 10.9. The third kappa shape index (κ3) is 4.01. The van der Waals surface area contributed by atoms with Gasteiger partial charge in [0, 0.05) is 19.1 Å². The Kier molecular flexibility index (Phi) is 4.58. The van der Waals surface area contributed by atoms with E-state index in [4.69, 9.17) is 15.0 Å². The summed E-state index contributed by atoms with van der Waals surface area (Å²) in [6.45, 7) is 8.67. The molecule has 5 nitrogen and oxygen atoms in total. The van der Waals surface area contributed by atoms with Crippen molar-refractivity contribution in [1.29, 1.82) is 0 Å². The predicted octanol–water partition coefficient (Wildman–Crippen LogP) is 2.44. The van der Waals surface area contributed by atoms with Gasteiger partial charge in [0.2, 0.25) is 5.89 Å². The summed E-state index contributed by atoms with van der Waals surface area (Å²) in [6, 6.07) is 0. The molecule has 0 saturated carbocycles. The number of ether oxygens (including phenoxy) is 1. The normalized spacial score (nSPS) is 22.4. The molecule has 1 aliphatic rings. The van der Waals surface area contributed by atoms with Gasteiger partial charge in [-0.3, -0.25) is 0 Å². The number of aromatic nitrogens is 2. The van der Waals surface area contributed by atoms with Crippen molar-refractivity contribution in [1.82, 2.24) is 10.1 Å². The SMILES string of the molecule is CC(C)(C)CC(CN)c1nc(C2CCCOC2)no1. The lowest BCUT2D eigenvalue weighted by Crippen LogP contribution is -2.20.